The van der Waals surface area contributed by atoms with Gasteiger partial charge in [0, 0.05) is 18.8 Å². The van der Waals surface area contributed by atoms with Crippen molar-refractivity contribution in [3.05, 3.63) is 18.2 Å². The fraction of sp³-hybridized carbons (Fsp3) is 0.538. The van der Waals surface area contributed by atoms with E-state index in [2.05, 4.69) is 16.5 Å². The Morgan fingerprint density at radius 2 is 2.16 bits per heavy atom. The number of hydrogen-bond acceptors (Lipinski definition) is 4. The highest BCUT2D eigenvalue weighted by Gasteiger charge is 2.20. The predicted octanol–water partition coefficient (Wildman–Crippen LogP) is 1.41. The van der Waals surface area contributed by atoms with Crippen molar-refractivity contribution >= 4 is 21.4 Å². The first-order chi connectivity index (χ1) is 8.94. The number of piperidine rings is 1. The summed E-state index contributed by atoms with van der Waals surface area (Å²) in [5.41, 5.74) is 7.17. The molecule has 1 unspecified atom stereocenters. The Bertz CT molecular complexity index is 557. The molecule has 1 fully saturated rings. The molecule has 19 heavy (non-hydrogen) atoms. The molecule has 1 aliphatic rings. The summed E-state index contributed by atoms with van der Waals surface area (Å²) in [5.74, 6) is 0.663. The molecule has 3 N–H and O–H groups in total. The van der Waals surface area contributed by atoms with Gasteiger partial charge in [-0.05, 0) is 44.0 Å². The zero-order valence-electron chi connectivity index (χ0n) is 11.4. The highest BCUT2D eigenvalue weighted by atomic mass is 32.2. The summed E-state index contributed by atoms with van der Waals surface area (Å²) >= 11 is 0. The average Bonchev–Trinajstić information content (AvgIpc) is 2.38. The lowest BCUT2D eigenvalue weighted by Gasteiger charge is -2.33. The molecular formula is C13H21N3O2S. The fourth-order valence-electron chi connectivity index (χ4n) is 2.51. The van der Waals surface area contributed by atoms with Crippen molar-refractivity contribution in [1.29, 1.82) is 0 Å². The molecule has 1 aromatic rings. The molecule has 0 aromatic heterocycles. The zero-order chi connectivity index (χ0) is 14.0. The van der Waals surface area contributed by atoms with E-state index in [4.69, 9.17) is 5.73 Å². The van der Waals surface area contributed by atoms with E-state index in [1.165, 1.54) is 13.5 Å². The van der Waals surface area contributed by atoms with Gasteiger partial charge in [-0.25, -0.2) is 13.1 Å². The number of nitrogen functional groups attached to an aromatic ring is 1. The first kappa shape index (κ1) is 14.1. The molecule has 0 radical (unpaired) electrons. The molecular weight excluding hydrogens is 262 g/mol. The molecule has 1 saturated heterocycles. The number of anilines is 2. The lowest BCUT2D eigenvalue weighted by Crippen LogP contribution is -2.34. The van der Waals surface area contributed by atoms with Gasteiger partial charge in [0.2, 0.25) is 10.0 Å². The molecule has 0 saturated carbocycles. The van der Waals surface area contributed by atoms with E-state index in [1.54, 1.807) is 12.1 Å². The maximum absolute atomic E-state index is 11.8. The minimum atomic E-state index is -3.48. The Balaban J connectivity index is 2.29. The van der Waals surface area contributed by atoms with Crippen molar-refractivity contribution < 1.29 is 8.42 Å². The van der Waals surface area contributed by atoms with Crippen LogP contribution < -0.4 is 15.4 Å². The second-order valence-corrected chi connectivity index (χ2v) is 6.98. The van der Waals surface area contributed by atoms with Crippen LogP contribution in [0.2, 0.25) is 0 Å². The summed E-state index contributed by atoms with van der Waals surface area (Å²) in [7, 11) is -2.10. The van der Waals surface area contributed by atoms with Gasteiger partial charge in [0.1, 0.15) is 4.90 Å². The van der Waals surface area contributed by atoms with Crippen molar-refractivity contribution in [2.45, 2.75) is 24.7 Å². The lowest BCUT2D eigenvalue weighted by atomic mass is 10.00. The molecule has 0 bridgehead atoms. The number of nitrogens with zero attached hydrogens (tertiary/aromatic N) is 1. The molecule has 106 valence electrons. The van der Waals surface area contributed by atoms with Crippen LogP contribution in [-0.4, -0.2) is 28.6 Å². The third-order valence-corrected chi connectivity index (χ3v) is 5.06. The van der Waals surface area contributed by atoms with Gasteiger partial charge in [-0.2, -0.15) is 0 Å². The zero-order valence-corrected chi connectivity index (χ0v) is 12.2. The molecule has 0 amide bonds. The summed E-state index contributed by atoms with van der Waals surface area (Å²) in [6.07, 6.45) is 2.41. The first-order valence-corrected chi connectivity index (χ1v) is 8.00. The molecule has 1 aliphatic heterocycles. The van der Waals surface area contributed by atoms with Crippen LogP contribution in [0.1, 0.15) is 19.8 Å². The molecule has 5 nitrogen and oxygen atoms in total. The van der Waals surface area contributed by atoms with Crippen LogP contribution in [0.15, 0.2) is 23.1 Å². The van der Waals surface area contributed by atoms with Crippen molar-refractivity contribution in [3.63, 3.8) is 0 Å². The highest BCUT2D eigenvalue weighted by molar-refractivity contribution is 7.89. The van der Waals surface area contributed by atoms with Crippen LogP contribution >= 0.6 is 0 Å². The smallest absolute Gasteiger partial charge is 0.242 e. The van der Waals surface area contributed by atoms with Gasteiger partial charge in [-0.1, -0.05) is 6.92 Å². The maximum Gasteiger partial charge on any atom is 0.242 e. The Morgan fingerprint density at radius 1 is 1.42 bits per heavy atom. The van der Waals surface area contributed by atoms with E-state index in [9.17, 15) is 8.42 Å². The van der Waals surface area contributed by atoms with Gasteiger partial charge in [0.05, 0.1) is 5.69 Å². The maximum atomic E-state index is 11.8. The molecule has 0 spiro atoms. The van der Waals surface area contributed by atoms with Crippen LogP contribution in [-0.2, 0) is 10.0 Å². The van der Waals surface area contributed by atoms with Crippen molar-refractivity contribution in [2.75, 3.05) is 30.8 Å². The second kappa shape index (κ2) is 5.38. The molecule has 1 heterocycles. The van der Waals surface area contributed by atoms with Crippen LogP contribution in [0.4, 0.5) is 11.4 Å². The lowest BCUT2D eigenvalue weighted by molar-refractivity contribution is 0.447. The monoisotopic (exact) mass is 283 g/mol. The van der Waals surface area contributed by atoms with Gasteiger partial charge < -0.3 is 10.6 Å². The van der Waals surface area contributed by atoms with Gasteiger partial charge in [-0.3, -0.25) is 0 Å². The van der Waals surface area contributed by atoms with Crippen molar-refractivity contribution in [3.8, 4) is 0 Å². The van der Waals surface area contributed by atoms with Gasteiger partial charge in [-0.15, -0.1) is 0 Å². The van der Waals surface area contributed by atoms with E-state index < -0.39 is 10.0 Å². The summed E-state index contributed by atoms with van der Waals surface area (Å²) in [6, 6.07) is 5.16. The molecule has 0 aliphatic carbocycles. The predicted molar refractivity (Wildman–Crippen MR) is 77.7 cm³/mol. The third kappa shape index (κ3) is 3.01. The van der Waals surface area contributed by atoms with Crippen LogP contribution in [0.5, 0.6) is 0 Å². The van der Waals surface area contributed by atoms with Gasteiger partial charge >= 0.3 is 0 Å². The summed E-state index contributed by atoms with van der Waals surface area (Å²) in [4.78, 5) is 2.41. The van der Waals surface area contributed by atoms with E-state index in [0.29, 0.717) is 11.6 Å². The Hall–Kier alpha value is -1.27. The largest absolute Gasteiger partial charge is 0.398 e. The van der Waals surface area contributed by atoms with Crippen LogP contribution in [0.3, 0.4) is 0 Å². The number of benzene rings is 1. The normalized spacial score (nSPS) is 20.5. The van der Waals surface area contributed by atoms with Gasteiger partial charge in [0.15, 0.2) is 0 Å². The number of sulfonamides is 1. The summed E-state index contributed by atoms with van der Waals surface area (Å²) in [6.45, 7) is 4.23. The van der Waals surface area contributed by atoms with Crippen molar-refractivity contribution in [2.24, 2.45) is 5.92 Å². The van der Waals surface area contributed by atoms with Crippen molar-refractivity contribution in [1.82, 2.24) is 4.72 Å². The Kier molecular flexibility index (Phi) is 4.01. The van der Waals surface area contributed by atoms with E-state index in [0.717, 1.165) is 25.2 Å². The SMILES string of the molecule is CNS(=O)(=O)c1ccc(N2CCCC(C)C2)cc1N. The van der Waals surface area contributed by atoms with Gasteiger partial charge in [0.25, 0.3) is 0 Å². The highest BCUT2D eigenvalue weighted by Crippen LogP contribution is 2.28. The Labute approximate surface area is 114 Å². The Morgan fingerprint density at radius 3 is 2.74 bits per heavy atom. The van der Waals surface area contributed by atoms with Crippen LogP contribution in [0, 0.1) is 5.92 Å². The van der Waals surface area contributed by atoms with E-state index in [-0.39, 0.29) is 4.90 Å². The topological polar surface area (TPSA) is 75.4 Å². The average molecular weight is 283 g/mol. The molecule has 1 atom stereocenters. The third-order valence-electron chi connectivity index (χ3n) is 3.57. The van der Waals surface area contributed by atoms with E-state index in [1.807, 2.05) is 6.07 Å². The quantitative estimate of drug-likeness (QED) is 0.823. The minimum absolute atomic E-state index is 0.142. The molecule has 6 heteroatoms. The number of hydrogen-bond donors (Lipinski definition) is 2. The minimum Gasteiger partial charge on any atom is -0.398 e. The summed E-state index contributed by atoms with van der Waals surface area (Å²) < 4.78 is 25.8. The standard InChI is InChI=1S/C13H21N3O2S/c1-10-4-3-7-16(9-10)11-5-6-13(12(14)8-11)19(17,18)15-2/h5-6,8,10,15H,3-4,7,9,14H2,1-2H3. The van der Waals surface area contributed by atoms with E-state index >= 15 is 0 Å². The first-order valence-electron chi connectivity index (χ1n) is 6.52. The molecule has 1 aromatic carbocycles. The summed E-state index contributed by atoms with van der Waals surface area (Å²) in [5, 5.41) is 0. The van der Waals surface area contributed by atoms with Crippen LogP contribution in [0.25, 0.3) is 0 Å². The second-order valence-electron chi connectivity index (χ2n) is 5.12. The number of nitrogens with two attached hydrogens (primary N) is 1. The molecule has 2 rings (SSSR count). The fourth-order valence-corrected chi connectivity index (χ4v) is 3.35. The number of rotatable bonds is 3. The number of nitrogens with one attached hydrogen (secondary N) is 1.